The Balaban J connectivity index is 1.66. The molecular formula is C14H19N3O. The highest BCUT2D eigenvalue weighted by Gasteiger charge is 2.34. The van der Waals surface area contributed by atoms with Gasteiger partial charge in [-0.15, -0.1) is 0 Å². The third kappa shape index (κ3) is 2.11. The normalized spacial score (nSPS) is 24.1. The molecule has 1 atom stereocenters. The molecular weight excluding hydrogens is 226 g/mol. The van der Waals surface area contributed by atoms with Crippen LogP contribution >= 0.6 is 0 Å². The van der Waals surface area contributed by atoms with Crippen LogP contribution in [0.25, 0.3) is 0 Å². The molecule has 0 spiro atoms. The summed E-state index contributed by atoms with van der Waals surface area (Å²) in [4.78, 5) is 22.8. The van der Waals surface area contributed by atoms with Crippen LogP contribution in [0.4, 0.5) is 0 Å². The second-order valence-corrected chi connectivity index (χ2v) is 5.43. The highest BCUT2D eigenvalue weighted by atomic mass is 16.2. The molecule has 1 aromatic rings. The third-order valence-electron chi connectivity index (χ3n) is 4.17. The van der Waals surface area contributed by atoms with Gasteiger partial charge in [-0.05, 0) is 32.3 Å². The van der Waals surface area contributed by atoms with Gasteiger partial charge in [0.1, 0.15) is 5.82 Å². The fraction of sp³-hybridized carbons (Fsp3) is 0.643. The Hall–Kier alpha value is -1.45. The number of carbonyl (C=O) groups excluding carboxylic acids is 1. The molecule has 4 heteroatoms. The van der Waals surface area contributed by atoms with Crippen LogP contribution in [0.2, 0.25) is 0 Å². The van der Waals surface area contributed by atoms with Crippen LogP contribution in [0, 0.1) is 12.8 Å². The summed E-state index contributed by atoms with van der Waals surface area (Å²) in [7, 11) is 0. The first-order valence-electron chi connectivity index (χ1n) is 6.82. The first-order valence-corrected chi connectivity index (χ1v) is 6.82. The maximum atomic E-state index is 12.2. The van der Waals surface area contributed by atoms with Gasteiger partial charge in [0.05, 0.1) is 0 Å². The lowest BCUT2D eigenvalue weighted by Crippen LogP contribution is -2.37. The summed E-state index contributed by atoms with van der Waals surface area (Å²) in [6, 6.07) is 1.98. The lowest BCUT2D eigenvalue weighted by Gasteiger charge is -2.29. The smallest absolute Gasteiger partial charge is 0.225 e. The molecule has 0 radical (unpaired) electrons. The van der Waals surface area contributed by atoms with Crippen molar-refractivity contribution >= 4 is 5.91 Å². The zero-order valence-corrected chi connectivity index (χ0v) is 10.8. The summed E-state index contributed by atoms with van der Waals surface area (Å²) in [5.74, 6) is 1.90. The Morgan fingerprint density at radius 2 is 2.22 bits per heavy atom. The van der Waals surface area contributed by atoms with Gasteiger partial charge in [-0.3, -0.25) is 4.79 Å². The molecule has 1 amide bonds. The van der Waals surface area contributed by atoms with Gasteiger partial charge in [0, 0.05) is 36.8 Å². The van der Waals surface area contributed by atoms with Gasteiger partial charge in [0.25, 0.3) is 0 Å². The van der Waals surface area contributed by atoms with Gasteiger partial charge in [0.15, 0.2) is 0 Å². The van der Waals surface area contributed by atoms with Crippen molar-refractivity contribution in [2.45, 2.75) is 38.5 Å². The molecule has 1 aliphatic heterocycles. The third-order valence-corrected chi connectivity index (χ3v) is 4.17. The van der Waals surface area contributed by atoms with E-state index in [1.807, 2.05) is 24.1 Å². The molecule has 1 saturated heterocycles. The highest BCUT2D eigenvalue weighted by Crippen LogP contribution is 2.32. The van der Waals surface area contributed by atoms with Gasteiger partial charge in [-0.2, -0.15) is 0 Å². The van der Waals surface area contributed by atoms with Crippen LogP contribution in [0.3, 0.4) is 0 Å². The number of aryl methyl sites for hydroxylation is 1. The van der Waals surface area contributed by atoms with Crippen LogP contribution < -0.4 is 0 Å². The van der Waals surface area contributed by atoms with Gasteiger partial charge in [0.2, 0.25) is 5.91 Å². The number of amides is 1. The van der Waals surface area contributed by atoms with E-state index in [0.717, 1.165) is 43.9 Å². The van der Waals surface area contributed by atoms with Crippen molar-refractivity contribution in [3.05, 3.63) is 23.8 Å². The number of hydrogen-bond acceptors (Lipinski definition) is 3. The van der Waals surface area contributed by atoms with Crippen molar-refractivity contribution in [1.82, 2.24) is 14.9 Å². The van der Waals surface area contributed by atoms with Crippen molar-refractivity contribution in [3.63, 3.8) is 0 Å². The van der Waals surface area contributed by atoms with Crippen LogP contribution in [0.5, 0.6) is 0 Å². The lowest BCUT2D eigenvalue weighted by atomic mass is 9.84. The lowest BCUT2D eigenvalue weighted by molar-refractivity contribution is -0.137. The Morgan fingerprint density at radius 1 is 1.39 bits per heavy atom. The van der Waals surface area contributed by atoms with E-state index in [9.17, 15) is 4.79 Å². The van der Waals surface area contributed by atoms with E-state index in [0.29, 0.717) is 17.7 Å². The molecule has 96 valence electrons. The first-order chi connectivity index (χ1) is 8.74. The average Bonchev–Trinajstić information content (AvgIpc) is 2.75. The SMILES string of the molecule is Cc1nccc([C@@H]2CCN(C(=O)C3CCC3)C2)n1. The second-order valence-electron chi connectivity index (χ2n) is 5.43. The molecule has 2 fully saturated rings. The van der Waals surface area contributed by atoms with Crippen LogP contribution in [-0.2, 0) is 4.79 Å². The maximum absolute atomic E-state index is 12.2. The molecule has 4 nitrogen and oxygen atoms in total. The summed E-state index contributed by atoms with van der Waals surface area (Å²) in [5.41, 5.74) is 1.09. The van der Waals surface area contributed by atoms with Crippen molar-refractivity contribution in [2.24, 2.45) is 5.92 Å². The minimum absolute atomic E-state index is 0.316. The molecule has 1 aromatic heterocycles. The molecule has 0 aromatic carbocycles. The topological polar surface area (TPSA) is 46.1 Å². The molecule has 2 heterocycles. The molecule has 0 unspecified atom stereocenters. The van der Waals surface area contributed by atoms with Crippen LogP contribution in [0.15, 0.2) is 12.3 Å². The van der Waals surface area contributed by atoms with Crippen molar-refractivity contribution in [3.8, 4) is 0 Å². The summed E-state index contributed by atoms with van der Waals surface area (Å²) in [6.07, 6.45) is 6.25. The molecule has 0 N–H and O–H groups in total. The number of nitrogens with zero attached hydrogens (tertiary/aromatic N) is 3. The fourth-order valence-electron chi connectivity index (χ4n) is 2.82. The van der Waals surface area contributed by atoms with Gasteiger partial charge in [-0.25, -0.2) is 9.97 Å². The van der Waals surface area contributed by atoms with E-state index in [-0.39, 0.29) is 0 Å². The predicted molar refractivity (Wildman–Crippen MR) is 68.0 cm³/mol. The molecule has 18 heavy (non-hydrogen) atoms. The molecule has 1 aliphatic carbocycles. The van der Waals surface area contributed by atoms with Crippen LogP contribution in [0.1, 0.15) is 43.1 Å². The number of carbonyl (C=O) groups is 1. The van der Waals surface area contributed by atoms with E-state index in [1.165, 1.54) is 6.42 Å². The van der Waals surface area contributed by atoms with Crippen molar-refractivity contribution in [2.75, 3.05) is 13.1 Å². The zero-order chi connectivity index (χ0) is 12.5. The Kier molecular flexibility index (Phi) is 3.02. The standard InChI is InChI=1S/C14H19N3O/c1-10-15-7-5-13(16-10)12-6-8-17(9-12)14(18)11-3-2-4-11/h5,7,11-12H,2-4,6,8-9H2,1H3/t12-/m1/s1. The summed E-state index contributed by atoms with van der Waals surface area (Å²) in [5, 5.41) is 0. The van der Waals surface area contributed by atoms with E-state index >= 15 is 0 Å². The average molecular weight is 245 g/mol. The Bertz CT molecular complexity index is 456. The maximum Gasteiger partial charge on any atom is 0.225 e. The number of likely N-dealkylation sites (tertiary alicyclic amines) is 1. The second kappa shape index (κ2) is 4.67. The minimum Gasteiger partial charge on any atom is -0.342 e. The van der Waals surface area contributed by atoms with Gasteiger partial charge >= 0.3 is 0 Å². The summed E-state index contributed by atoms with van der Waals surface area (Å²) < 4.78 is 0. The van der Waals surface area contributed by atoms with E-state index in [4.69, 9.17) is 0 Å². The summed E-state index contributed by atoms with van der Waals surface area (Å²) >= 11 is 0. The van der Waals surface area contributed by atoms with E-state index in [2.05, 4.69) is 9.97 Å². The quantitative estimate of drug-likeness (QED) is 0.799. The fourth-order valence-corrected chi connectivity index (χ4v) is 2.82. The zero-order valence-electron chi connectivity index (χ0n) is 10.8. The van der Waals surface area contributed by atoms with E-state index in [1.54, 1.807) is 0 Å². The van der Waals surface area contributed by atoms with E-state index < -0.39 is 0 Å². The number of aromatic nitrogens is 2. The van der Waals surface area contributed by atoms with Gasteiger partial charge < -0.3 is 4.90 Å². The molecule has 3 rings (SSSR count). The number of rotatable bonds is 2. The van der Waals surface area contributed by atoms with Crippen LogP contribution in [-0.4, -0.2) is 33.9 Å². The highest BCUT2D eigenvalue weighted by molar-refractivity contribution is 5.80. The first kappa shape index (κ1) is 11.6. The number of hydrogen-bond donors (Lipinski definition) is 0. The Labute approximate surface area is 107 Å². The summed E-state index contributed by atoms with van der Waals surface area (Å²) in [6.45, 7) is 3.64. The monoisotopic (exact) mass is 245 g/mol. The van der Waals surface area contributed by atoms with Crippen molar-refractivity contribution in [1.29, 1.82) is 0 Å². The minimum atomic E-state index is 0.316. The molecule has 0 bridgehead atoms. The Morgan fingerprint density at radius 3 is 2.89 bits per heavy atom. The van der Waals surface area contributed by atoms with Gasteiger partial charge in [-0.1, -0.05) is 6.42 Å². The molecule has 1 saturated carbocycles. The molecule has 2 aliphatic rings. The largest absolute Gasteiger partial charge is 0.342 e. The van der Waals surface area contributed by atoms with Crippen molar-refractivity contribution < 1.29 is 4.79 Å². The predicted octanol–water partition coefficient (Wildman–Crippen LogP) is 1.90.